The molecule has 1 aromatic rings. The first kappa shape index (κ1) is 10.4. The van der Waals surface area contributed by atoms with Gasteiger partial charge in [-0.25, -0.2) is 4.79 Å². The van der Waals surface area contributed by atoms with Crippen LogP contribution in [0.2, 0.25) is 0 Å². The lowest BCUT2D eigenvalue weighted by Gasteiger charge is -2.00. The van der Waals surface area contributed by atoms with Gasteiger partial charge in [0.1, 0.15) is 0 Å². The van der Waals surface area contributed by atoms with Crippen molar-refractivity contribution in [3.05, 3.63) is 23.9 Å². The lowest BCUT2D eigenvalue weighted by atomic mass is 10.3. The minimum absolute atomic E-state index is 0.102. The second kappa shape index (κ2) is 4.52. The summed E-state index contributed by atoms with van der Waals surface area (Å²) in [7, 11) is 0. The van der Waals surface area contributed by atoms with Crippen LogP contribution in [-0.2, 0) is 11.3 Å². The Bertz CT molecular complexity index is 345. The smallest absolute Gasteiger partial charge is 0.332 e. The van der Waals surface area contributed by atoms with Crippen LogP contribution in [0.4, 0.5) is 0 Å². The third-order valence-corrected chi connectivity index (χ3v) is 1.49. The maximum absolute atomic E-state index is 10.4. The summed E-state index contributed by atoms with van der Waals surface area (Å²) < 4.78 is 4.73. The second-order valence-electron chi connectivity index (χ2n) is 2.74. The lowest BCUT2D eigenvalue weighted by Crippen LogP contribution is -2.20. The molecule has 14 heavy (non-hydrogen) atoms. The van der Waals surface area contributed by atoms with Crippen LogP contribution in [0, 0.1) is 6.92 Å². The number of hydrogen-bond donors (Lipinski definition) is 2. The lowest BCUT2D eigenvalue weighted by molar-refractivity contribution is -0.132. The van der Waals surface area contributed by atoms with Gasteiger partial charge in [0.15, 0.2) is 5.82 Å². The van der Waals surface area contributed by atoms with E-state index in [2.05, 4.69) is 22.0 Å². The number of carboxylic acids is 1. The van der Waals surface area contributed by atoms with Gasteiger partial charge in [-0.1, -0.05) is 11.7 Å². The van der Waals surface area contributed by atoms with Gasteiger partial charge in [0, 0.05) is 19.0 Å². The summed E-state index contributed by atoms with van der Waals surface area (Å²) in [6, 6.07) is 0. The Morgan fingerprint density at radius 2 is 2.43 bits per heavy atom. The zero-order valence-electron chi connectivity index (χ0n) is 7.78. The molecular formula is C8H11N3O3. The van der Waals surface area contributed by atoms with Crippen molar-refractivity contribution in [3.63, 3.8) is 0 Å². The van der Waals surface area contributed by atoms with E-state index < -0.39 is 5.97 Å². The fraction of sp³-hybridized carbons (Fsp3) is 0.375. The average Bonchev–Trinajstić information content (AvgIpc) is 2.51. The Balaban J connectivity index is 2.29. The van der Waals surface area contributed by atoms with Crippen LogP contribution in [-0.4, -0.2) is 27.8 Å². The SMILES string of the molecule is C=C(CNCc1noc(C)n1)C(=O)O. The number of carbonyl (C=O) groups is 1. The van der Waals surface area contributed by atoms with Gasteiger partial charge in [0.2, 0.25) is 5.89 Å². The van der Waals surface area contributed by atoms with Gasteiger partial charge >= 0.3 is 5.97 Å². The Labute approximate surface area is 80.6 Å². The Morgan fingerprint density at radius 1 is 1.71 bits per heavy atom. The zero-order chi connectivity index (χ0) is 10.6. The number of carboxylic acid groups (broad SMARTS) is 1. The molecule has 0 saturated heterocycles. The van der Waals surface area contributed by atoms with E-state index in [1.807, 2.05) is 0 Å². The van der Waals surface area contributed by atoms with Gasteiger partial charge in [-0.2, -0.15) is 4.98 Å². The van der Waals surface area contributed by atoms with E-state index in [1.165, 1.54) is 0 Å². The van der Waals surface area contributed by atoms with Crippen LogP contribution in [0.5, 0.6) is 0 Å². The van der Waals surface area contributed by atoms with Crippen LogP contribution in [0.15, 0.2) is 16.7 Å². The topological polar surface area (TPSA) is 88.3 Å². The highest BCUT2D eigenvalue weighted by Gasteiger charge is 2.05. The average molecular weight is 197 g/mol. The quantitative estimate of drug-likeness (QED) is 0.651. The van der Waals surface area contributed by atoms with Crippen molar-refractivity contribution in [1.29, 1.82) is 0 Å². The van der Waals surface area contributed by atoms with E-state index in [-0.39, 0.29) is 12.1 Å². The van der Waals surface area contributed by atoms with Crippen molar-refractivity contribution in [3.8, 4) is 0 Å². The zero-order valence-corrected chi connectivity index (χ0v) is 7.78. The molecule has 0 aliphatic rings. The number of aromatic nitrogens is 2. The van der Waals surface area contributed by atoms with Crippen LogP contribution < -0.4 is 5.32 Å². The number of nitrogens with one attached hydrogen (secondary N) is 1. The van der Waals surface area contributed by atoms with E-state index in [4.69, 9.17) is 9.63 Å². The third-order valence-electron chi connectivity index (χ3n) is 1.49. The molecule has 1 aromatic heterocycles. The van der Waals surface area contributed by atoms with Crippen molar-refractivity contribution in [2.75, 3.05) is 6.54 Å². The Kier molecular flexibility index (Phi) is 3.35. The summed E-state index contributed by atoms with van der Waals surface area (Å²) in [5.74, 6) is -0.0265. The van der Waals surface area contributed by atoms with E-state index in [0.29, 0.717) is 18.3 Å². The van der Waals surface area contributed by atoms with Gasteiger partial charge in [0.25, 0.3) is 0 Å². The highest BCUT2D eigenvalue weighted by molar-refractivity contribution is 5.86. The Morgan fingerprint density at radius 3 is 2.93 bits per heavy atom. The third kappa shape index (κ3) is 2.98. The number of rotatable bonds is 5. The second-order valence-corrected chi connectivity index (χ2v) is 2.74. The predicted molar refractivity (Wildman–Crippen MR) is 47.5 cm³/mol. The number of nitrogens with zero attached hydrogens (tertiary/aromatic N) is 2. The molecular weight excluding hydrogens is 186 g/mol. The number of aliphatic carboxylic acids is 1. The minimum atomic E-state index is -1.01. The van der Waals surface area contributed by atoms with Crippen molar-refractivity contribution in [2.45, 2.75) is 13.5 Å². The van der Waals surface area contributed by atoms with Crippen molar-refractivity contribution >= 4 is 5.97 Å². The summed E-state index contributed by atoms with van der Waals surface area (Å²) in [6.07, 6.45) is 0. The molecule has 1 rings (SSSR count). The molecule has 0 radical (unpaired) electrons. The summed E-state index contributed by atoms with van der Waals surface area (Å²) >= 11 is 0. The Hall–Kier alpha value is -1.69. The number of aryl methyl sites for hydroxylation is 1. The molecule has 0 aliphatic carbocycles. The fourth-order valence-corrected chi connectivity index (χ4v) is 0.814. The molecule has 0 spiro atoms. The highest BCUT2D eigenvalue weighted by atomic mass is 16.5. The maximum atomic E-state index is 10.4. The van der Waals surface area contributed by atoms with E-state index >= 15 is 0 Å². The molecule has 0 amide bonds. The fourth-order valence-electron chi connectivity index (χ4n) is 0.814. The number of hydrogen-bond acceptors (Lipinski definition) is 5. The largest absolute Gasteiger partial charge is 0.478 e. The first-order valence-electron chi connectivity index (χ1n) is 4.00. The summed E-state index contributed by atoms with van der Waals surface area (Å²) in [5, 5.41) is 15.0. The molecule has 76 valence electrons. The molecule has 0 atom stereocenters. The first-order chi connectivity index (χ1) is 6.59. The molecule has 0 aromatic carbocycles. The van der Waals surface area contributed by atoms with Gasteiger partial charge in [-0.3, -0.25) is 0 Å². The van der Waals surface area contributed by atoms with Crippen LogP contribution in [0.3, 0.4) is 0 Å². The van der Waals surface area contributed by atoms with Gasteiger partial charge in [-0.15, -0.1) is 0 Å². The maximum Gasteiger partial charge on any atom is 0.332 e. The summed E-state index contributed by atoms with van der Waals surface area (Å²) in [6.45, 7) is 5.61. The molecule has 6 heteroatoms. The molecule has 1 heterocycles. The first-order valence-corrected chi connectivity index (χ1v) is 4.00. The standard InChI is InChI=1S/C8H11N3O3/c1-5(8(12)13)3-9-4-7-10-6(2)14-11-7/h9H,1,3-4H2,2H3,(H,12,13). The predicted octanol–water partition coefficient (Wildman–Crippen LogP) is 0.108. The summed E-state index contributed by atoms with van der Waals surface area (Å²) in [5.41, 5.74) is 0.102. The molecule has 2 N–H and O–H groups in total. The van der Waals surface area contributed by atoms with E-state index in [0.717, 1.165) is 0 Å². The molecule has 0 unspecified atom stereocenters. The van der Waals surface area contributed by atoms with Gasteiger partial charge in [0.05, 0.1) is 6.54 Å². The highest BCUT2D eigenvalue weighted by Crippen LogP contribution is 1.94. The minimum Gasteiger partial charge on any atom is -0.478 e. The molecule has 6 nitrogen and oxygen atoms in total. The van der Waals surface area contributed by atoms with Crippen molar-refractivity contribution in [2.24, 2.45) is 0 Å². The van der Waals surface area contributed by atoms with Crippen molar-refractivity contribution in [1.82, 2.24) is 15.5 Å². The van der Waals surface area contributed by atoms with E-state index in [1.54, 1.807) is 6.92 Å². The summed E-state index contributed by atoms with van der Waals surface area (Å²) in [4.78, 5) is 14.3. The molecule has 0 saturated carbocycles. The molecule has 0 bridgehead atoms. The van der Waals surface area contributed by atoms with Gasteiger partial charge in [-0.05, 0) is 0 Å². The van der Waals surface area contributed by atoms with E-state index in [9.17, 15) is 4.79 Å². The van der Waals surface area contributed by atoms with Crippen molar-refractivity contribution < 1.29 is 14.4 Å². The van der Waals surface area contributed by atoms with Crippen LogP contribution >= 0.6 is 0 Å². The normalized spacial score (nSPS) is 10.1. The van der Waals surface area contributed by atoms with Crippen LogP contribution in [0.1, 0.15) is 11.7 Å². The molecule has 0 fully saturated rings. The van der Waals surface area contributed by atoms with Gasteiger partial charge < -0.3 is 14.9 Å². The molecule has 0 aliphatic heterocycles. The monoisotopic (exact) mass is 197 g/mol. The van der Waals surface area contributed by atoms with Crippen LogP contribution in [0.25, 0.3) is 0 Å².